The van der Waals surface area contributed by atoms with Crippen molar-refractivity contribution in [3.8, 4) is 0 Å². The zero-order valence-corrected chi connectivity index (χ0v) is 15.4. The second-order valence-corrected chi connectivity index (χ2v) is 8.84. The first-order chi connectivity index (χ1) is 10.5. The second kappa shape index (κ2) is 6.78. The van der Waals surface area contributed by atoms with Gasteiger partial charge in [0.2, 0.25) is 0 Å². The molecule has 0 unspecified atom stereocenters. The molecule has 3 heterocycles. The summed E-state index contributed by atoms with van der Waals surface area (Å²) in [5.74, 6) is 0.944. The van der Waals surface area contributed by atoms with Crippen molar-refractivity contribution in [3.63, 3.8) is 0 Å². The van der Waals surface area contributed by atoms with Crippen molar-refractivity contribution in [2.45, 2.75) is 65.5 Å². The first-order valence-electron chi connectivity index (χ1n) is 9.68. The molecule has 0 aromatic carbocycles. The van der Waals surface area contributed by atoms with E-state index < -0.39 is 0 Å². The minimum absolute atomic E-state index is 0.700. The topological polar surface area (TPSA) is 9.72 Å². The van der Waals surface area contributed by atoms with Crippen LogP contribution in [0.15, 0.2) is 0 Å². The predicted molar refractivity (Wildman–Crippen MR) is 94.2 cm³/mol. The Bertz CT molecular complexity index is 342. The van der Waals surface area contributed by atoms with E-state index in [9.17, 15) is 0 Å². The van der Waals surface area contributed by atoms with Crippen molar-refractivity contribution in [2.75, 3.05) is 45.8 Å². The Morgan fingerprint density at radius 2 is 1.27 bits per heavy atom. The highest BCUT2D eigenvalue weighted by Gasteiger charge is 2.39. The van der Waals surface area contributed by atoms with Crippen LogP contribution in [-0.4, -0.2) is 72.6 Å². The van der Waals surface area contributed by atoms with Crippen LogP contribution in [0.4, 0.5) is 0 Å². The Labute approximate surface area is 138 Å². The third-order valence-electron chi connectivity index (χ3n) is 6.74. The summed E-state index contributed by atoms with van der Waals surface area (Å²) < 4.78 is 0. The third-order valence-corrected chi connectivity index (χ3v) is 6.74. The summed E-state index contributed by atoms with van der Waals surface area (Å²) in [6, 6.07) is 1.48. The summed E-state index contributed by atoms with van der Waals surface area (Å²) in [6.45, 7) is 18.8. The molecule has 3 heteroatoms. The zero-order chi connectivity index (χ0) is 15.7. The van der Waals surface area contributed by atoms with Gasteiger partial charge in [0, 0.05) is 31.7 Å². The molecule has 0 saturated carbocycles. The molecule has 3 aliphatic rings. The summed E-state index contributed by atoms with van der Waals surface area (Å²) in [4.78, 5) is 8.05. The molecule has 1 spiro atoms. The van der Waals surface area contributed by atoms with Crippen LogP contribution in [0.2, 0.25) is 0 Å². The van der Waals surface area contributed by atoms with Gasteiger partial charge >= 0.3 is 0 Å². The molecule has 0 bridgehead atoms. The maximum absolute atomic E-state index is 2.77. The lowest BCUT2D eigenvalue weighted by atomic mass is 9.71. The van der Waals surface area contributed by atoms with Crippen LogP contribution < -0.4 is 0 Å². The number of piperidine rings is 2. The van der Waals surface area contributed by atoms with E-state index >= 15 is 0 Å². The predicted octanol–water partition coefficient (Wildman–Crippen LogP) is 2.91. The van der Waals surface area contributed by atoms with Crippen LogP contribution in [0.1, 0.15) is 53.4 Å². The van der Waals surface area contributed by atoms with Crippen LogP contribution in [-0.2, 0) is 0 Å². The van der Waals surface area contributed by atoms with Crippen molar-refractivity contribution < 1.29 is 0 Å². The van der Waals surface area contributed by atoms with Crippen molar-refractivity contribution in [1.82, 2.24) is 14.7 Å². The van der Waals surface area contributed by atoms with E-state index in [0.717, 1.165) is 18.0 Å². The lowest BCUT2D eigenvalue weighted by Gasteiger charge is -2.49. The molecule has 22 heavy (non-hydrogen) atoms. The fourth-order valence-electron chi connectivity index (χ4n) is 4.74. The maximum atomic E-state index is 2.77. The average molecular weight is 308 g/mol. The van der Waals surface area contributed by atoms with Gasteiger partial charge in [0.15, 0.2) is 0 Å². The molecule has 3 rings (SSSR count). The van der Waals surface area contributed by atoms with Gasteiger partial charge in [0.25, 0.3) is 0 Å². The smallest absolute Gasteiger partial charge is 0.00388 e. The molecule has 3 nitrogen and oxygen atoms in total. The normalized spacial score (nSPS) is 28.6. The second-order valence-electron chi connectivity index (χ2n) is 8.84. The summed E-state index contributed by atoms with van der Waals surface area (Å²) in [5.41, 5.74) is 0.700. The van der Waals surface area contributed by atoms with Crippen molar-refractivity contribution in [3.05, 3.63) is 0 Å². The zero-order valence-electron chi connectivity index (χ0n) is 15.4. The maximum Gasteiger partial charge on any atom is 0.00388 e. The van der Waals surface area contributed by atoms with Crippen molar-refractivity contribution >= 4 is 0 Å². The lowest BCUT2D eigenvalue weighted by molar-refractivity contribution is -0.00135. The Kier molecular flexibility index (Phi) is 5.16. The van der Waals surface area contributed by atoms with Gasteiger partial charge in [-0.15, -0.1) is 0 Å². The van der Waals surface area contributed by atoms with E-state index in [0.29, 0.717) is 5.41 Å². The molecule has 3 fully saturated rings. The first-order valence-corrected chi connectivity index (χ1v) is 9.68. The minimum Gasteiger partial charge on any atom is -0.303 e. The van der Waals surface area contributed by atoms with E-state index in [-0.39, 0.29) is 0 Å². The van der Waals surface area contributed by atoms with E-state index in [1.807, 2.05) is 0 Å². The van der Waals surface area contributed by atoms with Crippen molar-refractivity contribution in [1.29, 1.82) is 0 Å². The SMILES string of the molecule is CC(C)N1CCC2(CCN(CC3CN(C(C)C)C3)CC2)CC1. The summed E-state index contributed by atoms with van der Waals surface area (Å²) >= 11 is 0. The Morgan fingerprint density at radius 1 is 0.773 bits per heavy atom. The Morgan fingerprint density at radius 3 is 1.77 bits per heavy atom. The average Bonchev–Trinajstić information content (AvgIpc) is 2.44. The molecule has 0 amide bonds. The molecule has 3 saturated heterocycles. The highest BCUT2D eigenvalue weighted by molar-refractivity contribution is 4.92. The summed E-state index contributed by atoms with van der Waals surface area (Å²) in [7, 11) is 0. The highest BCUT2D eigenvalue weighted by atomic mass is 15.2. The molecular formula is C19H37N3. The van der Waals surface area contributed by atoms with Gasteiger partial charge < -0.3 is 14.7 Å². The lowest BCUT2D eigenvalue weighted by Crippen LogP contribution is -2.55. The highest BCUT2D eigenvalue weighted by Crippen LogP contribution is 2.41. The Hall–Kier alpha value is -0.120. The summed E-state index contributed by atoms with van der Waals surface area (Å²) in [5, 5.41) is 0. The quantitative estimate of drug-likeness (QED) is 0.791. The standard InChI is InChI=1S/C19H37N3/c1-16(2)21-11-7-19(8-12-21)5-9-20(10-6-19)13-18-14-22(15-18)17(3)4/h16-18H,5-15H2,1-4H3. The number of hydrogen-bond donors (Lipinski definition) is 0. The van der Waals surface area contributed by atoms with Crippen LogP contribution in [0.25, 0.3) is 0 Å². The fourth-order valence-corrected chi connectivity index (χ4v) is 4.74. The van der Waals surface area contributed by atoms with Crippen LogP contribution in [0, 0.1) is 11.3 Å². The first kappa shape index (κ1) is 16.7. The van der Waals surface area contributed by atoms with Gasteiger partial charge in [-0.3, -0.25) is 0 Å². The largest absolute Gasteiger partial charge is 0.303 e. The molecule has 0 aliphatic carbocycles. The molecule has 128 valence electrons. The minimum atomic E-state index is 0.700. The van der Waals surface area contributed by atoms with Crippen LogP contribution in [0.5, 0.6) is 0 Å². The molecular weight excluding hydrogens is 270 g/mol. The molecule has 0 radical (unpaired) electrons. The number of rotatable bonds is 4. The van der Waals surface area contributed by atoms with Crippen LogP contribution in [0.3, 0.4) is 0 Å². The third kappa shape index (κ3) is 3.68. The van der Waals surface area contributed by atoms with Crippen LogP contribution >= 0.6 is 0 Å². The van der Waals surface area contributed by atoms with Gasteiger partial charge in [0.1, 0.15) is 0 Å². The van der Waals surface area contributed by atoms with Gasteiger partial charge in [-0.05, 0) is 90.9 Å². The van der Waals surface area contributed by atoms with E-state index in [1.165, 1.54) is 71.5 Å². The van der Waals surface area contributed by atoms with Gasteiger partial charge in [-0.1, -0.05) is 0 Å². The monoisotopic (exact) mass is 307 g/mol. The molecule has 0 aromatic rings. The number of nitrogens with zero attached hydrogens (tertiary/aromatic N) is 3. The van der Waals surface area contributed by atoms with E-state index in [4.69, 9.17) is 0 Å². The van der Waals surface area contributed by atoms with Gasteiger partial charge in [0.05, 0.1) is 0 Å². The van der Waals surface area contributed by atoms with E-state index in [2.05, 4.69) is 42.4 Å². The number of likely N-dealkylation sites (tertiary alicyclic amines) is 3. The molecule has 3 aliphatic heterocycles. The number of hydrogen-bond acceptors (Lipinski definition) is 3. The van der Waals surface area contributed by atoms with Gasteiger partial charge in [-0.2, -0.15) is 0 Å². The molecule has 0 N–H and O–H groups in total. The van der Waals surface area contributed by atoms with Gasteiger partial charge in [-0.25, -0.2) is 0 Å². The van der Waals surface area contributed by atoms with E-state index in [1.54, 1.807) is 0 Å². The Balaban J connectivity index is 1.38. The fraction of sp³-hybridized carbons (Fsp3) is 1.00. The van der Waals surface area contributed by atoms with Crippen molar-refractivity contribution in [2.24, 2.45) is 11.3 Å². The molecule has 0 aromatic heterocycles. The molecule has 0 atom stereocenters. The summed E-state index contributed by atoms with van der Waals surface area (Å²) in [6.07, 6.45) is 5.81.